The van der Waals surface area contributed by atoms with E-state index in [9.17, 15) is 5.11 Å². The van der Waals surface area contributed by atoms with Crippen molar-refractivity contribution >= 4 is 5.69 Å². The molecule has 1 aromatic rings. The van der Waals surface area contributed by atoms with Crippen LogP contribution in [0.2, 0.25) is 0 Å². The minimum absolute atomic E-state index is 0.347. The fourth-order valence-electron chi connectivity index (χ4n) is 2.16. The van der Waals surface area contributed by atoms with Crippen LogP contribution in [0.4, 0.5) is 5.69 Å². The largest absolute Gasteiger partial charge is 0.389 e. The van der Waals surface area contributed by atoms with Gasteiger partial charge >= 0.3 is 0 Å². The molecular formula is C14H21NO2. The van der Waals surface area contributed by atoms with E-state index < -0.39 is 6.10 Å². The van der Waals surface area contributed by atoms with Gasteiger partial charge < -0.3 is 14.7 Å². The van der Waals surface area contributed by atoms with E-state index in [2.05, 4.69) is 24.0 Å². The second-order valence-electron chi connectivity index (χ2n) is 4.61. The van der Waals surface area contributed by atoms with Crippen molar-refractivity contribution in [2.45, 2.75) is 32.5 Å². The first-order chi connectivity index (χ1) is 8.20. The molecule has 0 saturated carbocycles. The molecule has 2 atom stereocenters. The third kappa shape index (κ3) is 2.99. The van der Waals surface area contributed by atoms with Crippen LogP contribution >= 0.6 is 0 Å². The van der Waals surface area contributed by atoms with Crippen molar-refractivity contribution in [2.24, 2.45) is 0 Å². The van der Waals surface area contributed by atoms with Crippen LogP contribution in [0.15, 0.2) is 24.3 Å². The lowest BCUT2D eigenvalue weighted by Gasteiger charge is -2.34. The zero-order valence-electron chi connectivity index (χ0n) is 10.6. The van der Waals surface area contributed by atoms with E-state index >= 15 is 0 Å². The zero-order valence-corrected chi connectivity index (χ0v) is 10.6. The quantitative estimate of drug-likeness (QED) is 0.873. The number of rotatable bonds is 3. The Morgan fingerprint density at radius 1 is 1.41 bits per heavy atom. The number of ether oxygens (including phenoxy) is 1. The van der Waals surface area contributed by atoms with Crippen LogP contribution in [0.3, 0.4) is 0 Å². The highest BCUT2D eigenvalue weighted by Gasteiger charge is 2.19. The number of benzene rings is 1. The van der Waals surface area contributed by atoms with Gasteiger partial charge in [0.2, 0.25) is 0 Å². The molecule has 1 aliphatic rings. The summed E-state index contributed by atoms with van der Waals surface area (Å²) >= 11 is 0. The molecule has 1 aromatic carbocycles. The molecule has 3 nitrogen and oxygen atoms in total. The Labute approximate surface area is 103 Å². The molecule has 17 heavy (non-hydrogen) atoms. The maximum absolute atomic E-state index is 9.47. The van der Waals surface area contributed by atoms with Gasteiger partial charge in [0.1, 0.15) is 0 Å². The van der Waals surface area contributed by atoms with Gasteiger partial charge in [-0.2, -0.15) is 0 Å². The average Bonchev–Trinajstić information content (AvgIpc) is 2.39. The van der Waals surface area contributed by atoms with Crippen molar-refractivity contribution in [1.82, 2.24) is 0 Å². The summed E-state index contributed by atoms with van der Waals surface area (Å²) in [5.41, 5.74) is 2.19. The monoisotopic (exact) mass is 235 g/mol. The normalized spacial score (nSPS) is 22.5. The van der Waals surface area contributed by atoms with Gasteiger partial charge in [-0.3, -0.25) is 0 Å². The average molecular weight is 235 g/mol. The number of aliphatic hydroxyl groups excluding tert-OH is 1. The highest BCUT2D eigenvalue weighted by Crippen LogP contribution is 2.21. The Morgan fingerprint density at radius 2 is 2.12 bits per heavy atom. The Balaban J connectivity index is 2.06. The number of morpholine rings is 1. The van der Waals surface area contributed by atoms with Crippen LogP contribution in [0, 0.1) is 0 Å². The van der Waals surface area contributed by atoms with Gasteiger partial charge in [0, 0.05) is 18.8 Å². The van der Waals surface area contributed by atoms with E-state index in [1.807, 2.05) is 12.1 Å². The van der Waals surface area contributed by atoms with E-state index in [0.29, 0.717) is 6.10 Å². The van der Waals surface area contributed by atoms with E-state index in [4.69, 9.17) is 4.74 Å². The number of hydrogen-bond donors (Lipinski definition) is 1. The molecule has 0 aliphatic carbocycles. The molecular weight excluding hydrogens is 214 g/mol. The summed E-state index contributed by atoms with van der Waals surface area (Å²) in [6, 6.07) is 8.16. The highest BCUT2D eigenvalue weighted by atomic mass is 16.5. The Kier molecular flexibility index (Phi) is 4.02. The summed E-state index contributed by atoms with van der Waals surface area (Å²) in [5, 5.41) is 9.47. The van der Waals surface area contributed by atoms with Crippen LogP contribution in [0.25, 0.3) is 0 Å². The summed E-state index contributed by atoms with van der Waals surface area (Å²) in [7, 11) is 0. The van der Waals surface area contributed by atoms with Gasteiger partial charge in [0.15, 0.2) is 0 Å². The predicted octanol–water partition coefficient (Wildman–Crippen LogP) is 2.36. The maximum Gasteiger partial charge on any atom is 0.0761 e. The van der Waals surface area contributed by atoms with Gasteiger partial charge in [-0.15, -0.1) is 0 Å². The number of hydrogen-bond acceptors (Lipinski definition) is 3. The highest BCUT2D eigenvalue weighted by molar-refractivity contribution is 5.48. The molecule has 1 unspecified atom stereocenters. The van der Waals surface area contributed by atoms with Crippen LogP contribution in [0.1, 0.15) is 31.9 Å². The molecule has 94 valence electrons. The van der Waals surface area contributed by atoms with E-state index in [0.717, 1.165) is 31.7 Å². The standard InChI is InChI=1S/C14H21NO2/c1-3-14-10-15(8-9-17-14)13-6-4-12(5-7-13)11(2)16/h4-7,11,14,16H,3,8-10H2,1-2H3/t11-,14?/m0/s1. The first kappa shape index (κ1) is 12.4. The minimum atomic E-state index is -0.392. The summed E-state index contributed by atoms with van der Waals surface area (Å²) < 4.78 is 5.66. The predicted molar refractivity (Wildman–Crippen MR) is 69.3 cm³/mol. The second kappa shape index (κ2) is 5.52. The SMILES string of the molecule is CCC1CN(c2ccc([C@H](C)O)cc2)CCO1. The number of aliphatic hydroxyl groups is 1. The summed E-state index contributed by atoms with van der Waals surface area (Å²) in [5.74, 6) is 0. The molecule has 0 bridgehead atoms. The van der Waals surface area contributed by atoms with Gasteiger partial charge in [0.05, 0.1) is 18.8 Å². The molecule has 0 radical (unpaired) electrons. The van der Waals surface area contributed by atoms with Crippen LogP contribution in [-0.4, -0.2) is 30.9 Å². The van der Waals surface area contributed by atoms with Crippen molar-refractivity contribution in [1.29, 1.82) is 0 Å². The minimum Gasteiger partial charge on any atom is -0.389 e. The fourth-order valence-corrected chi connectivity index (χ4v) is 2.16. The third-order valence-electron chi connectivity index (χ3n) is 3.33. The summed E-state index contributed by atoms with van der Waals surface area (Å²) in [6.07, 6.45) is 1.01. The van der Waals surface area contributed by atoms with Gasteiger partial charge in [0.25, 0.3) is 0 Å². The van der Waals surface area contributed by atoms with Gasteiger partial charge in [-0.05, 0) is 31.0 Å². The van der Waals surface area contributed by atoms with Crippen molar-refractivity contribution in [3.05, 3.63) is 29.8 Å². The van der Waals surface area contributed by atoms with Gasteiger partial charge in [-0.25, -0.2) is 0 Å². The van der Waals surface area contributed by atoms with E-state index in [1.165, 1.54) is 5.69 Å². The maximum atomic E-state index is 9.47. The van der Waals surface area contributed by atoms with Gasteiger partial charge in [-0.1, -0.05) is 19.1 Å². The molecule has 3 heteroatoms. The molecule has 0 amide bonds. The molecule has 1 heterocycles. The molecule has 1 saturated heterocycles. The Morgan fingerprint density at radius 3 is 2.71 bits per heavy atom. The smallest absolute Gasteiger partial charge is 0.0761 e. The Hall–Kier alpha value is -1.06. The van der Waals surface area contributed by atoms with E-state index in [-0.39, 0.29) is 0 Å². The van der Waals surface area contributed by atoms with Crippen LogP contribution < -0.4 is 4.90 Å². The van der Waals surface area contributed by atoms with Crippen molar-refractivity contribution in [3.63, 3.8) is 0 Å². The number of nitrogens with zero attached hydrogens (tertiary/aromatic N) is 1. The lowest BCUT2D eigenvalue weighted by molar-refractivity contribution is 0.0384. The molecule has 2 rings (SSSR count). The van der Waals surface area contributed by atoms with Crippen molar-refractivity contribution < 1.29 is 9.84 Å². The second-order valence-corrected chi connectivity index (χ2v) is 4.61. The Bertz CT molecular complexity index is 348. The fraction of sp³-hybridized carbons (Fsp3) is 0.571. The number of anilines is 1. The van der Waals surface area contributed by atoms with Crippen LogP contribution in [-0.2, 0) is 4.74 Å². The summed E-state index contributed by atoms with van der Waals surface area (Å²) in [4.78, 5) is 2.35. The molecule has 1 fully saturated rings. The first-order valence-corrected chi connectivity index (χ1v) is 6.35. The molecule has 1 N–H and O–H groups in total. The molecule has 1 aliphatic heterocycles. The third-order valence-corrected chi connectivity index (χ3v) is 3.33. The van der Waals surface area contributed by atoms with Crippen molar-refractivity contribution in [3.8, 4) is 0 Å². The topological polar surface area (TPSA) is 32.7 Å². The lowest BCUT2D eigenvalue weighted by Crippen LogP contribution is -2.42. The van der Waals surface area contributed by atoms with E-state index in [1.54, 1.807) is 6.92 Å². The van der Waals surface area contributed by atoms with Crippen LogP contribution in [0.5, 0.6) is 0 Å². The summed E-state index contributed by atoms with van der Waals surface area (Å²) in [6.45, 7) is 6.66. The van der Waals surface area contributed by atoms with Crippen molar-refractivity contribution in [2.75, 3.05) is 24.6 Å². The zero-order chi connectivity index (χ0) is 12.3. The lowest BCUT2D eigenvalue weighted by atomic mass is 10.1. The molecule has 0 aromatic heterocycles. The molecule has 0 spiro atoms. The first-order valence-electron chi connectivity index (χ1n) is 6.35.